The van der Waals surface area contributed by atoms with Crippen LogP contribution in [0.4, 0.5) is 0 Å². The lowest BCUT2D eigenvalue weighted by molar-refractivity contribution is 0.344. The van der Waals surface area contributed by atoms with Crippen LogP contribution in [0.15, 0.2) is 11.5 Å². The second-order valence-electron chi connectivity index (χ2n) is 3.42. The monoisotopic (exact) mass is 218 g/mol. The minimum atomic E-state index is -2.81. The summed E-state index contributed by atoms with van der Waals surface area (Å²) in [6.45, 7) is 6.05. The Kier molecular flexibility index (Phi) is 4.06. The molecule has 0 spiro atoms. The maximum Gasteiger partial charge on any atom is 0.430 e. The summed E-state index contributed by atoms with van der Waals surface area (Å²) < 4.78 is 22.9. The normalized spacial score (nSPS) is 19.4. The van der Waals surface area contributed by atoms with Gasteiger partial charge in [-0.3, -0.25) is 0 Å². The first-order valence-electron chi connectivity index (χ1n) is 5.35. The highest BCUT2D eigenvalue weighted by Gasteiger charge is 2.35. The Hall–Kier alpha value is -0.430. The molecule has 0 N–H and O–H groups in total. The fourth-order valence-corrected chi connectivity index (χ4v) is 3.48. The highest BCUT2D eigenvalue weighted by Crippen LogP contribution is 2.59. The molecule has 0 aromatic carbocycles. The van der Waals surface area contributed by atoms with Crippen LogP contribution < -0.4 is 0 Å². The minimum Gasteiger partial charge on any atom is -0.417 e. The van der Waals surface area contributed by atoms with E-state index in [-0.39, 0.29) is 0 Å². The molecular weight excluding hydrogens is 199 g/mol. The first-order valence-corrected chi connectivity index (χ1v) is 7.08. The number of unbranched alkanes of at least 4 members (excludes halogenated alkanes) is 1. The third-order valence-electron chi connectivity index (χ3n) is 2.24. The van der Waals surface area contributed by atoms with Gasteiger partial charge in [0.2, 0.25) is 0 Å². The van der Waals surface area contributed by atoms with Crippen molar-refractivity contribution in [3.63, 3.8) is 0 Å². The van der Waals surface area contributed by atoms with Crippen LogP contribution in [0.2, 0.25) is 0 Å². The second kappa shape index (κ2) is 4.88. The summed E-state index contributed by atoms with van der Waals surface area (Å²) in [7, 11) is -2.81. The molecule has 4 heteroatoms. The van der Waals surface area contributed by atoms with E-state index in [0.29, 0.717) is 6.16 Å². The molecular formula is C10H19O3P. The van der Waals surface area contributed by atoms with Crippen LogP contribution in [-0.2, 0) is 13.6 Å². The van der Waals surface area contributed by atoms with Crippen molar-refractivity contribution in [1.82, 2.24) is 0 Å². The van der Waals surface area contributed by atoms with Crippen LogP contribution in [0, 0.1) is 0 Å². The molecule has 0 aromatic heterocycles. The Labute approximate surface area is 86.0 Å². The molecule has 1 heterocycles. The van der Waals surface area contributed by atoms with Crippen molar-refractivity contribution in [3.8, 4) is 0 Å². The molecule has 3 nitrogen and oxygen atoms in total. The van der Waals surface area contributed by atoms with Gasteiger partial charge in [0.15, 0.2) is 0 Å². The molecule has 1 aliphatic heterocycles. The summed E-state index contributed by atoms with van der Waals surface area (Å²) in [5.41, 5.74) is 0. The Morgan fingerprint density at radius 2 is 1.57 bits per heavy atom. The fraction of sp³-hybridized carbons (Fsp3) is 0.800. The molecule has 0 saturated heterocycles. The van der Waals surface area contributed by atoms with Crippen molar-refractivity contribution in [1.29, 1.82) is 0 Å². The maximum absolute atomic E-state index is 12.0. The van der Waals surface area contributed by atoms with E-state index in [1.807, 2.05) is 13.8 Å². The van der Waals surface area contributed by atoms with Crippen LogP contribution >= 0.6 is 7.60 Å². The summed E-state index contributed by atoms with van der Waals surface area (Å²) in [6.07, 6.45) is 3.97. The molecule has 14 heavy (non-hydrogen) atoms. The van der Waals surface area contributed by atoms with Gasteiger partial charge in [-0.15, -0.1) is 0 Å². The maximum atomic E-state index is 12.0. The Bertz CT molecular complexity index is 251. The lowest BCUT2D eigenvalue weighted by Crippen LogP contribution is -1.90. The molecule has 0 fully saturated rings. The lowest BCUT2D eigenvalue weighted by Gasteiger charge is -2.10. The van der Waals surface area contributed by atoms with Crippen LogP contribution in [0.5, 0.6) is 0 Å². The first-order chi connectivity index (χ1) is 6.65. The number of hydrogen-bond donors (Lipinski definition) is 0. The fourth-order valence-electron chi connectivity index (χ4n) is 1.42. The molecule has 0 saturated carbocycles. The Morgan fingerprint density at radius 1 is 1.07 bits per heavy atom. The van der Waals surface area contributed by atoms with Gasteiger partial charge in [-0.2, -0.15) is 0 Å². The van der Waals surface area contributed by atoms with Gasteiger partial charge < -0.3 is 9.05 Å². The van der Waals surface area contributed by atoms with Gasteiger partial charge >= 0.3 is 7.60 Å². The van der Waals surface area contributed by atoms with E-state index < -0.39 is 7.60 Å². The van der Waals surface area contributed by atoms with Crippen molar-refractivity contribution in [2.24, 2.45) is 0 Å². The molecule has 1 rings (SSSR count). The predicted octanol–water partition coefficient (Wildman–Crippen LogP) is 4.06. The van der Waals surface area contributed by atoms with E-state index in [4.69, 9.17) is 9.05 Å². The SMILES string of the molecule is CCCCP1(=O)OC(CC)=C(CC)O1. The van der Waals surface area contributed by atoms with Crippen molar-refractivity contribution in [3.05, 3.63) is 11.5 Å². The van der Waals surface area contributed by atoms with Gasteiger partial charge in [0.05, 0.1) is 6.16 Å². The molecule has 1 aliphatic rings. The van der Waals surface area contributed by atoms with Crippen LogP contribution in [-0.4, -0.2) is 6.16 Å². The average Bonchev–Trinajstić information content (AvgIpc) is 2.53. The van der Waals surface area contributed by atoms with Gasteiger partial charge in [0.25, 0.3) is 0 Å². The zero-order valence-electron chi connectivity index (χ0n) is 9.21. The Balaban J connectivity index is 2.62. The van der Waals surface area contributed by atoms with Gasteiger partial charge in [0.1, 0.15) is 11.5 Å². The lowest BCUT2D eigenvalue weighted by atomic mass is 10.3. The molecule has 0 aliphatic carbocycles. The van der Waals surface area contributed by atoms with Crippen LogP contribution in [0.3, 0.4) is 0 Å². The van der Waals surface area contributed by atoms with E-state index in [1.54, 1.807) is 0 Å². The van der Waals surface area contributed by atoms with Crippen molar-refractivity contribution < 1.29 is 13.6 Å². The van der Waals surface area contributed by atoms with Gasteiger partial charge in [-0.05, 0) is 6.42 Å². The van der Waals surface area contributed by atoms with Crippen LogP contribution in [0.1, 0.15) is 46.5 Å². The van der Waals surface area contributed by atoms with E-state index in [2.05, 4.69) is 6.92 Å². The third-order valence-corrected chi connectivity index (χ3v) is 4.10. The number of rotatable bonds is 5. The molecule has 0 amide bonds. The van der Waals surface area contributed by atoms with E-state index >= 15 is 0 Å². The highest BCUT2D eigenvalue weighted by atomic mass is 31.2. The molecule has 0 atom stereocenters. The highest BCUT2D eigenvalue weighted by molar-refractivity contribution is 7.54. The summed E-state index contributed by atoms with van der Waals surface area (Å²) in [5, 5.41) is 0. The first kappa shape index (κ1) is 11.6. The quantitative estimate of drug-likeness (QED) is 0.653. The zero-order valence-corrected chi connectivity index (χ0v) is 10.1. The standard InChI is InChI=1S/C10H19O3P/c1-4-7-8-14(11)12-9(5-2)10(6-3)13-14/h4-8H2,1-3H3. The summed E-state index contributed by atoms with van der Waals surface area (Å²) >= 11 is 0. The van der Waals surface area contributed by atoms with Crippen molar-refractivity contribution in [2.45, 2.75) is 46.5 Å². The molecule has 0 aromatic rings. The predicted molar refractivity (Wildman–Crippen MR) is 57.2 cm³/mol. The zero-order chi connectivity index (χ0) is 10.6. The molecule has 0 radical (unpaired) electrons. The smallest absolute Gasteiger partial charge is 0.417 e. The molecule has 82 valence electrons. The van der Waals surface area contributed by atoms with Crippen molar-refractivity contribution >= 4 is 7.60 Å². The molecule has 0 bridgehead atoms. The third kappa shape index (κ3) is 2.54. The van der Waals surface area contributed by atoms with E-state index in [1.165, 1.54) is 0 Å². The van der Waals surface area contributed by atoms with E-state index in [0.717, 1.165) is 37.2 Å². The molecule has 0 unspecified atom stereocenters. The van der Waals surface area contributed by atoms with E-state index in [9.17, 15) is 4.57 Å². The number of hydrogen-bond acceptors (Lipinski definition) is 3. The number of allylic oxidation sites excluding steroid dienone is 2. The van der Waals surface area contributed by atoms with Crippen LogP contribution in [0.25, 0.3) is 0 Å². The summed E-state index contributed by atoms with van der Waals surface area (Å²) in [6, 6.07) is 0. The second-order valence-corrected chi connectivity index (χ2v) is 5.46. The summed E-state index contributed by atoms with van der Waals surface area (Å²) in [4.78, 5) is 0. The topological polar surface area (TPSA) is 35.5 Å². The van der Waals surface area contributed by atoms with Gasteiger partial charge in [-0.25, -0.2) is 4.57 Å². The van der Waals surface area contributed by atoms with Gasteiger partial charge in [-0.1, -0.05) is 27.2 Å². The Morgan fingerprint density at radius 3 is 1.93 bits per heavy atom. The summed E-state index contributed by atoms with van der Waals surface area (Å²) in [5.74, 6) is 1.57. The largest absolute Gasteiger partial charge is 0.430 e. The average molecular weight is 218 g/mol. The van der Waals surface area contributed by atoms with Gasteiger partial charge in [0, 0.05) is 12.8 Å². The van der Waals surface area contributed by atoms with Crippen molar-refractivity contribution in [2.75, 3.05) is 6.16 Å². The minimum absolute atomic E-state index is 0.538.